The number of esters is 1. The van der Waals surface area contributed by atoms with E-state index in [1.54, 1.807) is 17.5 Å². The van der Waals surface area contributed by atoms with Crippen LogP contribution in [0.3, 0.4) is 0 Å². The number of thiophene rings is 1. The topological polar surface area (TPSA) is 92.8 Å². The van der Waals surface area contributed by atoms with Gasteiger partial charge in [-0.2, -0.15) is 0 Å². The molecule has 2 aromatic carbocycles. The first-order valence-corrected chi connectivity index (χ1v) is 10.9. The number of rotatable bonds is 7. The van der Waals surface area contributed by atoms with Crippen LogP contribution in [0, 0.1) is 5.82 Å². The molecule has 1 amide bonds. The summed E-state index contributed by atoms with van der Waals surface area (Å²) in [5.41, 5.74) is 0.238. The van der Waals surface area contributed by atoms with E-state index in [1.807, 2.05) is 0 Å². The highest BCUT2D eigenvalue weighted by Gasteiger charge is 2.30. The lowest BCUT2D eigenvalue weighted by Gasteiger charge is -2.23. The predicted octanol–water partition coefficient (Wildman–Crippen LogP) is 3.51. The summed E-state index contributed by atoms with van der Waals surface area (Å²) in [5.74, 6) is -2.07. The van der Waals surface area contributed by atoms with Gasteiger partial charge in [0, 0.05) is 5.69 Å². The van der Waals surface area contributed by atoms with Crippen LogP contribution in [-0.2, 0) is 19.6 Å². The molecule has 30 heavy (non-hydrogen) atoms. The normalized spacial score (nSPS) is 11.0. The quantitative estimate of drug-likeness (QED) is 0.559. The zero-order valence-corrected chi connectivity index (χ0v) is 17.4. The summed E-state index contributed by atoms with van der Waals surface area (Å²) in [5, 5.41) is 4.10. The van der Waals surface area contributed by atoms with E-state index in [2.05, 4.69) is 10.1 Å². The average molecular weight is 448 g/mol. The van der Waals surface area contributed by atoms with Crippen molar-refractivity contribution in [3.05, 3.63) is 77.4 Å². The van der Waals surface area contributed by atoms with Gasteiger partial charge < -0.3 is 10.1 Å². The highest BCUT2D eigenvalue weighted by Crippen LogP contribution is 2.28. The van der Waals surface area contributed by atoms with Crippen molar-refractivity contribution in [1.82, 2.24) is 0 Å². The van der Waals surface area contributed by atoms with Crippen molar-refractivity contribution in [1.29, 1.82) is 0 Å². The number of carbonyl (C=O) groups excluding carboxylic acids is 2. The van der Waals surface area contributed by atoms with Crippen molar-refractivity contribution in [3.63, 3.8) is 0 Å². The maximum atomic E-state index is 14.4. The molecule has 0 unspecified atom stereocenters. The molecule has 0 bridgehead atoms. The summed E-state index contributed by atoms with van der Waals surface area (Å²) in [6.07, 6.45) is 0. The van der Waals surface area contributed by atoms with Crippen LogP contribution in [0.15, 0.2) is 70.3 Å². The Kier molecular flexibility index (Phi) is 6.48. The largest absolute Gasteiger partial charge is 0.465 e. The van der Waals surface area contributed by atoms with Crippen LogP contribution in [0.1, 0.15) is 10.4 Å². The van der Waals surface area contributed by atoms with Gasteiger partial charge in [-0.1, -0.05) is 24.3 Å². The lowest BCUT2D eigenvalue weighted by molar-refractivity contribution is -0.114. The van der Waals surface area contributed by atoms with Crippen LogP contribution in [0.25, 0.3) is 0 Å². The number of nitrogens with one attached hydrogen (secondary N) is 1. The molecule has 0 saturated carbocycles. The van der Waals surface area contributed by atoms with E-state index in [-0.39, 0.29) is 21.1 Å². The first kappa shape index (κ1) is 21.5. The van der Waals surface area contributed by atoms with Crippen molar-refractivity contribution < 1.29 is 27.1 Å². The molecule has 0 fully saturated rings. The minimum atomic E-state index is -4.17. The first-order valence-electron chi connectivity index (χ1n) is 8.62. The number of carbonyl (C=O) groups is 2. The molecule has 1 aromatic heterocycles. The van der Waals surface area contributed by atoms with Crippen LogP contribution < -0.4 is 9.62 Å². The Morgan fingerprint density at radius 1 is 1.10 bits per heavy atom. The van der Waals surface area contributed by atoms with E-state index in [0.29, 0.717) is 4.31 Å². The maximum absolute atomic E-state index is 14.4. The molecule has 10 heteroatoms. The van der Waals surface area contributed by atoms with Gasteiger partial charge in [-0.25, -0.2) is 17.6 Å². The Balaban J connectivity index is 1.90. The molecule has 0 aliphatic heterocycles. The van der Waals surface area contributed by atoms with Gasteiger partial charge >= 0.3 is 5.97 Å². The SMILES string of the molecule is COC(=O)c1cccc(NC(=O)CN(c2ccccc2F)S(=O)(=O)c2cccs2)c1. The van der Waals surface area contributed by atoms with Gasteiger partial charge in [0.15, 0.2) is 0 Å². The maximum Gasteiger partial charge on any atom is 0.337 e. The molecule has 156 valence electrons. The molecule has 0 spiro atoms. The van der Waals surface area contributed by atoms with Gasteiger partial charge in [0.2, 0.25) is 5.91 Å². The highest BCUT2D eigenvalue weighted by molar-refractivity contribution is 7.94. The number of halogens is 1. The monoisotopic (exact) mass is 448 g/mol. The van der Waals surface area contributed by atoms with Crippen LogP contribution in [0.4, 0.5) is 15.8 Å². The van der Waals surface area contributed by atoms with Crippen molar-refractivity contribution in [2.24, 2.45) is 0 Å². The number of benzene rings is 2. The van der Waals surface area contributed by atoms with E-state index in [0.717, 1.165) is 17.4 Å². The second-order valence-corrected chi connectivity index (χ2v) is 9.05. The zero-order chi connectivity index (χ0) is 21.7. The molecule has 3 rings (SSSR count). The van der Waals surface area contributed by atoms with E-state index in [9.17, 15) is 22.4 Å². The number of amides is 1. The minimum absolute atomic E-state index is 0.0220. The lowest BCUT2D eigenvalue weighted by atomic mass is 10.2. The van der Waals surface area contributed by atoms with E-state index < -0.39 is 34.3 Å². The van der Waals surface area contributed by atoms with E-state index in [1.165, 1.54) is 49.6 Å². The third kappa shape index (κ3) is 4.66. The summed E-state index contributed by atoms with van der Waals surface area (Å²) >= 11 is 0.962. The Morgan fingerprint density at radius 2 is 1.87 bits per heavy atom. The summed E-state index contributed by atoms with van der Waals surface area (Å²) < 4.78 is 45.8. The average Bonchev–Trinajstić information content (AvgIpc) is 3.28. The second-order valence-electron chi connectivity index (χ2n) is 6.02. The third-order valence-corrected chi connectivity index (χ3v) is 7.15. The van der Waals surface area contributed by atoms with Gasteiger partial charge in [0.1, 0.15) is 16.6 Å². The Morgan fingerprint density at radius 3 is 2.53 bits per heavy atom. The number of sulfonamides is 1. The van der Waals surface area contributed by atoms with Crippen LogP contribution in [-0.4, -0.2) is 33.9 Å². The molecule has 1 N–H and O–H groups in total. The molecule has 0 aliphatic carbocycles. The smallest absolute Gasteiger partial charge is 0.337 e. The van der Waals surface area contributed by atoms with Gasteiger partial charge in [-0.3, -0.25) is 9.10 Å². The molecule has 0 atom stereocenters. The molecule has 7 nitrogen and oxygen atoms in total. The molecule has 0 aliphatic rings. The molecule has 1 heterocycles. The third-order valence-electron chi connectivity index (χ3n) is 4.02. The fourth-order valence-corrected chi connectivity index (χ4v) is 5.18. The molecule has 0 saturated heterocycles. The van der Waals surface area contributed by atoms with Crippen LogP contribution >= 0.6 is 11.3 Å². The van der Waals surface area contributed by atoms with Gasteiger partial charge in [-0.05, 0) is 41.8 Å². The Bertz CT molecular complexity index is 1160. The molecule has 3 aromatic rings. The number of para-hydroxylation sites is 1. The van der Waals surface area contributed by atoms with Gasteiger partial charge in [0.25, 0.3) is 10.0 Å². The number of hydrogen-bond acceptors (Lipinski definition) is 6. The lowest BCUT2D eigenvalue weighted by Crippen LogP contribution is -2.38. The summed E-state index contributed by atoms with van der Waals surface area (Å²) in [4.78, 5) is 24.3. The fourth-order valence-electron chi connectivity index (χ4n) is 2.65. The first-order chi connectivity index (χ1) is 14.3. The van der Waals surface area contributed by atoms with E-state index in [4.69, 9.17) is 0 Å². The second kappa shape index (κ2) is 9.06. The number of nitrogens with zero attached hydrogens (tertiary/aromatic N) is 1. The van der Waals surface area contributed by atoms with Crippen molar-refractivity contribution in [2.75, 3.05) is 23.3 Å². The van der Waals surface area contributed by atoms with Crippen LogP contribution in [0.5, 0.6) is 0 Å². The Hall–Kier alpha value is -3.24. The zero-order valence-electron chi connectivity index (χ0n) is 15.7. The summed E-state index contributed by atoms with van der Waals surface area (Å²) in [7, 11) is -2.94. The van der Waals surface area contributed by atoms with Gasteiger partial charge in [0.05, 0.1) is 18.4 Å². The summed E-state index contributed by atoms with van der Waals surface area (Å²) in [6.45, 7) is -0.663. The highest BCUT2D eigenvalue weighted by atomic mass is 32.2. The number of methoxy groups -OCH3 is 1. The number of ether oxygens (including phenoxy) is 1. The van der Waals surface area contributed by atoms with Gasteiger partial charge in [-0.15, -0.1) is 11.3 Å². The molecule has 0 radical (unpaired) electrons. The van der Waals surface area contributed by atoms with Crippen molar-refractivity contribution in [2.45, 2.75) is 4.21 Å². The standard InChI is InChI=1S/C20H17FN2O5S2/c1-28-20(25)14-6-4-7-15(12-14)22-18(24)13-23(17-9-3-2-8-16(17)21)30(26,27)19-10-5-11-29-19/h2-12H,13H2,1H3,(H,22,24). The van der Waals surface area contributed by atoms with E-state index >= 15 is 0 Å². The van der Waals surface area contributed by atoms with Crippen molar-refractivity contribution >= 4 is 44.6 Å². The molecular formula is C20H17FN2O5S2. The number of anilines is 2. The minimum Gasteiger partial charge on any atom is -0.465 e. The van der Waals surface area contributed by atoms with Crippen molar-refractivity contribution in [3.8, 4) is 0 Å². The predicted molar refractivity (Wildman–Crippen MR) is 112 cm³/mol. The summed E-state index contributed by atoms with van der Waals surface area (Å²) in [6, 6.07) is 14.2. The van der Waals surface area contributed by atoms with Crippen LogP contribution in [0.2, 0.25) is 0 Å². The molecular weight excluding hydrogens is 431 g/mol. The number of hydrogen-bond donors (Lipinski definition) is 1. The Labute approximate surface area is 176 Å². The fraction of sp³-hybridized carbons (Fsp3) is 0.100.